The first-order valence-corrected chi connectivity index (χ1v) is 18.8. The lowest BCUT2D eigenvalue weighted by molar-refractivity contribution is 0.0780. The molecule has 250 valence electrons. The van der Waals surface area contributed by atoms with Crippen LogP contribution in [0, 0.1) is 29.1 Å². The number of hydrogen-bond acceptors (Lipinski definition) is 6. The molecule has 1 aliphatic heterocycles. The van der Waals surface area contributed by atoms with Crippen LogP contribution in [0.25, 0.3) is 45.3 Å². The predicted octanol–water partition coefficient (Wildman–Crippen LogP) is 11.8. The summed E-state index contributed by atoms with van der Waals surface area (Å²) in [5, 5.41) is 10.4. The summed E-state index contributed by atoms with van der Waals surface area (Å²) in [5.41, 5.74) is 6.85. The molecule has 6 heteroatoms. The van der Waals surface area contributed by atoms with E-state index in [1.54, 1.807) is 11.8 Å². The van der Waals surface area contributed by atoms with Gasteiger partial charge in [-0.15, -0.1) is 0 Å². The first kappa shape index (κ1) is 31.7. The Morgan fingerprint density at radius 2 is 1.24 bits per heavy atom. The van der Waals surface area contributed by atoms with Crippen molar-refractivity contribution in [3.05, 3.63) is 126 Å². The number of benzene rings is 5. The minimum Gasteiger partial charge on any atom is -0.455 e. The second-order valence-corrected chi connectivity index (χ2v) is 16.0. The van der Waals surface area contributed by atoms with Crippen LogP contribution in [0.4, 0.5) is 0 Å². The molecule has 0 N–H and O–H groups in total. The van der Waals surface area contributed by atoms with Crippen LogP contribution in [-0.2, 0) is 5.41 Å². The van der Waals surface area contributed by atoms with Crippen molar-refractivity contribution in [1.29, 1.82) is 5.26 Å². The van der Waals surface area contributed by atoms with E-state index in [9.17, 15) is 5.26 Å². The van der Waals surface area contributed by atoms with Crippen molar-refractivity contribution < 1.29 is 4.74 Å². The summed E-state index contributed by atoms with van der Waals surface area (Å²) >= 11 is 1.68. The van der Waals surface area contributed by atoms with Crippen molar-refractivity contribution in [2.75, 3.05) is 0 Å². The molecule has 4 atom stereocenters. The Balaban J connectivity index is 1.07. The molecule has 3 aliphatic rings. The van der Waals surface area contributed by atoms with Gasteiger partial charge in [0.05, 0.1) is 21.4 Å². The van der Waals surface area contributed by atoms with E-state index in [2.05, 4.69) is 56.3 Å². The molecule has 0 radical (unpaired) electrons. The van der Waals surface area contributed by atoms with Gasteiger partial charge in [-0.2, -0.15) is 5.26 Å². The molecule has 51 heavy (non-hydrogen) atoms. The molecular weight excluding hydrogens is 645 g/mol. The Bertz CT molecular complexity index is 2290. The van der Waals surface area contributed by atoms with Gasteiger partial charge in [-0.1, -0.05) is 104 Å². The third-order valence-corrected chi connectivity index (χ3v) is 12.1. The van der Waals surface area contributed by atoms with E-state index in [0.29, 0.717) is 23.0 Å². The second kappa shape index (κ2) is 12.8. The highest BCUT2D eigenvalue weighted by Crippen LogP contribution is 2.54. The Labute approximate surface area is 303 Å². The zero-order valence-corrected chi connectivity index (χ0v) is 29.7. The quantitative estimate of drug-likeness (QED) is 0.180. The smallest absolute Gasteiger partial charge is 0.164 e. The zero-order chi connectivity index (χ0) is 34.5. The van der Waals surface area contributed by atoms with Crippen LogP contribution < -0.4 is 4.74 Å². The molecule has 2 fully saturated rings. The molecule has 2 saturated carbocycles. The maximum atomic E-state index is 10.4. The van der Waals surface area contributed by atoms with Crippen LogP contribution in [0.5, 0.6) is 11.5 Å². The third-order valence-electron chi connectivity index (χ3n) is 11.0. The maximum absolute atomic E-state index is 10.4. The summed E-state index contributed by atoms with van der Waals surface area (Å²) in [6.45, 7) is 4.87. The van der Waals surface area contributed by atoms with Gasteiger partial charge in [0.2, 0.25) is 0 Å². The highest BCUT2D eigenvalue weighted by Gasteiger charge is 2.45. The minimum absolute atomic E-state index is 0.279. The van der Waals surface area contributed by atoms with Crippen molar-refractivity contribution in [1.82, 2.24) is 15.0 Å². The number of hydrogen-bond donors (Lipinski definition) is 0. The lowest BCUT2D eigenvalue weighted by atomic mass is 9.54. The monoisotopic (exact) mass is 682 g/mol. The van der Waals surface area contributed by atoms with Gasteiger partial charge < -0.3 is 4.74 Å². The number of nitriles is 1. The summed E-state index contributed by atoms with van der Waals surface area (Å²) in [6, 6.07) is 41.7. The van der Waals surface area contributed by atoms with Gasteiger partial charge in [0.1, 0.15) is 11.5 Å². The van der Waals surface area contributed by atoms with Crippen molar-refractivity contribution in [3.63, 3.8) is 0 Å². The van der Waals surface area contributed by atoms with Crippen LogP contribution in [-0.4, -0.2) is 15.0 Å². The summed E-state index contributed by atoms with van der Waals surface area (Å²) in [5.74, 6) is 5.72. The summed E-state index contributed by atoms with van der Waals surface area (Å²) in [6.07, 6.45) is 6.60. The predicted molar refractivity (Wildman–Crippen MR) is 204 cm³/mol. The minimum atomic E-state index is 0.279. The standard InChI is InChI=1S/C45H38N4OS/c1-28-20-30-21-29(2)25-45(24-28,26-30)36-16-12-31(13-17-36)37-18-14-33(22-35(37)27-46)43-47-42(32-8-4-3-5-9-32)48-44(49-43)34-15-19-39-41(23-34)51-40-11-7-6-10-38(40)50-39/h3-19,22-23,28-30H,20-21,24-26H2,1-2H3/t28-,29+,30-,45?. The molecule has 1 unspecified atom stereocenters. The van der Waals surface area contributed by atoms with E-state index in [1.165, 1.54) is 37.7 Å². The molecule has 2 aliphatic carbocycles. The fraction of sp³-hybridized carbons (Fsp3) is 0.244. The first-order chi connectivity index (χ1) is 24.9. The van der Waals surface area contributed by atoms with E-state index >= 15 is 0 Å². The van der Waals surface area contributed by atoms with Crippen molar-refractivity contribution >= 4 is 11.8 Å². The van der Waals surface area contributed by atoms with Crippen LogP contribution in [0.2, 0.25) is 0 Å². The molecule has 0 spiro atoms. The lowest BCUT2D eigenvalue weighted by Crippen LogP contribution is -2.42. The Kier molecular flexibility index (Phi) is 7.97. The Morgan fingerprint density at radius 3 is 1.96 bits per heavy atom. The van der Waals surface area contributed by atoms with Gasteiger partial charge in [0, 0.05) is 16.7 Å². The second-order valence-electron chi connectivity index (χ2n) is 14.9. The van der Waals surface area contributed by atoms with E-state index in [4.69, 9.17) is 19.7 Å². The SMILES string of the molecule is C[C@@H]1C[C@@H]2C[C@H](C)CC(c3ccc(-c4ccc(-c5nc(-c6ccccc6)nc(-c6ccc7c(c6)Sc6ccccc6O7)n5)cc4C#N)cc3)(C1)C2. The topological polar surface area (TPSA) is 71.7 Å². The molecule has 6 aromatic rings. The Morgan fingerprint density at radius 1 is 0.627 bits per heavy atom. The van der Waals surface area contributed by atoms with E-state index in [0.717, 1.165) is 66.9 Å². The lowest BCUT2D eigenvalue weighted by Gasteiger charge is -2.50. The van der Waals surface area contributed by atoms with Crippen LogP contribution >= 0.6 is 11.8 Å². The molecular formula is C45H38N4OS. The van der Waals surface area contributed by atoms with Crippen LogP contribution in [0.3, 0.4) is 0 Å². The Hall–Kier alpha value is -5.25. The van der Waals surface area contributed by atoms with Crippen molar-refractivity contribution in [2.45, 2.75) is 61.2 Å². The molecule has 5 aromatic carbocycles. The van der Waals surface area contributed by atoms with Crippen molar-refractivity contribution in [2.24, 2.45) is 17.8 Å². The summed E-state index contributed by atoms with van der Waals surface area (Å²) < 4.78 is 6.19. The van der Waals surface area contributed by atoms with Crippen LogP contribution in [0.1, 0.15) is 57.1 Å². The largest absolute Gasteiger partial charge is 0.455 e. The number of rotatable bonds is 5. The van der Waals surface area contributed by atoms with Gasteiger partial charge in [0.25, 0.3) is 0 Å². The van der Waals surface area contributed by atoms with E-state index in [1.807, 2.05) is 78.9 Å². The first-order valence-electron chi connectivity index (χ1n) is 18.0. The molecule has 0 saturated heterocycles. The number of para-hydroxylation sites is 1. The van der Waals surface area contributed by atoms with E-state index in [-0.39, 0.29) is 5.41 Å². The van der Waals surface area contributed by atoms with Gasteiger partial charge in [-0.25, -0.2) is 15.0 Å². The molecule has 2 heterocycles. The highest BCUT2D eigenvalue weighted by molar-refractivity contribution is 7.99. The molecule has 1 aromatic heterocycles. The average molecular weight is 683 g/mol. The zero-order valence-electron chi connectivity index (χ0n) is 28.8. The number of nitrogens with zero attached hydrogens (tertiary/aromatic N) is 4. The third kappa shape index (κ3) is 6.00. The fourth-order valence-electron chi connectivity index (χ4n) is 9.11. The number of ether oxygens (including phenoxy) is 1. The van der Waals surface area contributed by atoms with Gasteiger partial charge in [-0.3, -0.25) is 0 Å². The molecule has 9 rings (SSSR count). The van der Waals surface area contributed by atoms with Gasteiger partial charge in [0.15, 0.2) is 17.5 Å². The normalized spacial score (nSPS) is 21.9. The maximum Gasteiger partial charge on any atom is 0.164 e. The highest BCUT2D eigenvalue weighted by atomic mass is 32.2. The number of aromatic nitrogens is 3. The average Bonchev–Trinajstić information content (AvgIpc) is 3.16. The molecule has 0 amide bonds. The molecule has 5 nitrogen and oxygen atoms in total. The fourth-order valence-corrected chi connectivity index (χ4v) is 10.1. The van der Waals surface area contributed by atoms with Gasteiger partial charge in [-0.05, 0) is 108 Å². The number of fused-ring (bicyclic) bond motifs is 4. The summed E-state index contributed by atoms with van der Waals surface area (Å²) in [7, 11) is 0. The summed E-state index contributed by atoms with van der Waals surface area (Å²) in [4.78, 5) is 16.9. The van der Waals surface area contributed by atoms with E-state index < -0.39 is 0 Å². The van der Waals surface area contributed by atoms with Gasteiger partial charge >= 0.3 is 0 Å². The molecule has 2 bridgehead atoms. The van der Waals surface area contributed by atoms with Crippen molar-refractivity contribution in [3.8, 4) is 62.9 Å². The van der Waals surface area contributed by atoms with Crippen LogP contribution in [0.15, 0.2) is 125 Å².